The lowest BCUT2D eigenvalue weighted by Gasteiger charge is -2.14. The first kappa shape index (κ1) is 13.1. The quantitative estimate of drug-likeness (QED) is 0.882. The summed E-state index contributed by atoms with van der Waals surface area (Å²) in [5.41, 5.74) is 3.68. The molecule has 1 fully saturated rings. The second-order valence-corrected chi connectivity index (χ2v) is 6.03. The lowest BCUT2D eigenvalue weighted by molar-refractivity contribution is -0.117. The Morgan fingerprint density at radius 1 is 1.40 bits per heavy atom. The number of hydrogen-bond acceptors (Lipinski definition) is 4. The van der Waals surface area contributed by atoms with E-state index in [1.54, 1.807) is 11.3 Å². The van der Waals surface area contributed by atoms with Crippen molar-refractivity contribution in [3.63, 3.8) is 0 Å². The Morgan fingerprint density at radius 2 is 2.20 bits per heavy atom. The number of benzene rings is 1. The molecule has 20 heavy (non-hydrogen) atoms. The summed E-state index contributed by atoms with van der Waals surface area (Å²) in [6.45, 7) is 2.10. The maximum absolute atomic E-state index is 11.8. The van der Waals surface area contributed by atoms with Crippen LogP contribution in [0.1, 0.15) is 30.7 Å². The van der Waals surface area contributed by atoms with Gasteiger partial charge in [0.15, 0.2) is 0 Å². The van der Waals surface area contributed by atoms with Crippen LogP contribution < -0.4 is 10.6 Å². The first-order chi connectivity index (χ1) is 9.72. The first-order valence-corrected chi connectivity index (χ1v) is 7.66. The van der Waals surface area contributed by atoms with E-state index in [1.807, 2.05) is 36.0 Å². The zero-order chi connectivity index (χ0) is 13.9. The predicted octanol–water partition coefficient (Wildman–Crippen LogP) is 3.66. The summed E-state index contributed by atoms with van der Waals surface area (Å²) in [5.74, 6) is 0.361. The predicted molar refractivity (Wildman–Crippen MR) is 81.9 cm³/mol. The molecule has 2 aromatic rings. The van der Waals surface area contributed by atoms with Crippen LogP contribution in [0, 0.1) is 5.92 Å². The lowest BCUT2D eigenvalue weighted by atomic mass is 10.2. The molecule has 1 heterocycles. The Hall–Kier alpha value is -1.88. The van der Waals surface area contributed by atoms with Gasteiger partial charge >= 0.3 is 0 Å². The van der Waals surface area contributed by atoms with E-state index in [4.69, 9.17) is 0 Å². The van der Waals surface area contributed by atoms with E-state index in [-0.39, 0.29) is 17.9 Å². The SMILES string of the molecule is CC(Nc1cccc(NC(=O)C2CC2)c1)c1cncs1. The molecule has 5 heteroatoms. The highest BCUT2D eigenvalue weighted by atomic mass is 32.1. The third-order valence-electron chi connectivity index (χ3n) is 3.34. The second kappa shape index (κ2) is 5.63. The summed E-state index contributed by atoms with van der Waals surface area (Å²) in [5, 5.41) is 6.39. The van der Waals surface area contributed by atoms with Crippen molar-refractivity contribution in [1.29, 1.82) is 0 Å². The number of hydrogen-bond donors (Lipinski definition) is 2. The van der Waals surface area contributed by atoms with Crippen LogP contribution in [0.3, 0.4) is 0 Å². The molecular weight excluding hydrogens is 270 g/mol. The molecule has 0 saturated heterocycles. The van der Waals surface area contributed by atoms with E-state index in [9.17, 15) is 4.79 Å². The summed E-state index contributed by atoms with van der Waals surface area (Å²) < 4.78 is 0. The van der Waals surface area contributed by atoms with Crippen LogP contribution in [0.4, 0.5) is 11.4 Å². The number of thiazole rings is 1. The molecule has 3 rings (SSSR count). The Bertz CT molecular complexity index is 593. The fraction of sp³-hybridized carbons (Fsp3) is 0.333. The van der Waals surface area contributed by atoms with Gasteiger partial charge < -0.3 is 10.6 Å². The van der Waals surface area contributed by atoms with Gasteiger partial charge in [-0.1, -0.05) is 6.07 Å². The molecular formula is C15H17N3OS. The Kier molecular flexibility index (Phi) is 3.69. The van der Waals surface area contributed by atoms with Crippen molar-refractivity contribution < 1.29 is 4.79 Å². The Morgan fingerprint density at radius 3 is 2.90 bits per heavy atom. The molecule has 0 radical (unpaired) electrons. The smallest absolute Gasteiger partial charge is 0.227 e. The van der Waals surface area contributed by atoms with Crippen LogP contribution in [0.5, 0.6) is 0 Å². The Balaban J connectivity index is 1.66. The zero-order valence-electron chi connectivity index (χ0n) is 11.3. The van der Waals surface area contributed by atoms with Crippen molar-refractivity contribution in [1.82, 2.24) is 4.98 Å². The van der Waals surface area contributed by atoms with Gasteiger partial charge in [0.05, 0.1) is 11.6 Å². The lowest BCUT2D eigenvalue weighted by Crippen LogP contribution is -2.13. The van der Waals surface area contributed by atoms with Crippen LogP contribution in [0.25, 0.3) is 0 Å². The number of carbonyl (C=O) groups is 1. The molecule has 0 bridgehead atoms. The van der Waals surface area contributed by atoms with E-state index < -0.39 is 0 Å². The number of aromatic nitrogens is 1. The highest BCUT2D eigenvalue weighted by Crippen LogP contribution is 2.30. The average molecular weight is 287 g/mol. The van der Waals surface area contributed by atoms with Crippen LogP contribution in [-0.2, 0) is 4.79 Å². The number of nitrogens with one attached hydrogen (secondary N) is 2. The van der Waals surface area contributed by atoms with Gasteiger partial charge in [0.2, 0.25) is 5.91 Å². The van der Waals surface area contributed by atoms with Crippen molar-refractivity contribution in [2.24, 2.45) is 5.92 Å². The number of nitrogens with zero attached hydrogens (tertiary/aromatic N) is 1. The minimum absolute atomic E-state index is 0.137. The molecule has 104 valence electrons. The average Bonchev–Trinajstić information content (AvgIpc) is 3.14. The van der Waals surface area contributed by atoms with Gasteiger partial charge in [-0.3, -0.25) is 9.78 Å². The second-order valence-electron chi connectivity index (χ2n) is 5.11. The van der Waals surface area contributed by atoms with E-state index in [0.29, 0.717) is 0 Å². The Labute approximate surface area is 122 Å². The zero-order valence-corrected chi connectivity index (χ0v) is 12.1. The van der Waals surface area contributed by atoms with Crippen molar-refractivity contribution in [2.45, 2.75) is 25.8 Å². The highest BCUT2D eigenvalue weighted by Gasteiger charge is 2.29. The number of rotatable bonds is 5. The van der Waals surface area contributed by atoms with E-state index in [0.717, 1.165) is 24.2 Å². The van der Waals surface area contributed by atoms with E-state index in [2.05, 4.69) is 22.5 Å². The molecule has 1 unspecified atom stereocenters. The summed E-state index contributed by atoms with van der Waals surface area (Å²) in [4.78, 5) is 17.0. The number of amides is 1. The van der Waals surface area contributed by atoms with E-state index in [1.165, 1.54) is 4.88 Å². The van der Waals surface area contributed by atoms with Gasteiger partial charge in [-0.25, -0.2) is 0 Å². The molecule has 4 nitrogen and oxygen atoms in total. The van der Waals surface area contributed by atoms with Crippen LogP contribution in [0.2, 0.25) is 0 Å². The summed E-state index contributed by atoms with van der Waals surface area (Å²) in [6, 6.07) is 8.05. The molecule has 1 aromatic heterocycles. The maximum atomic E-state index is 11.8. The molecule has 1 aliphatic carbocycles. The summed E-state index contributed by atoms with van der Waals surface area (Å²) in [7, 11) is 0. The molecule has 1 atom stereocenters. The van der Waals surface area contributed by atoms with Gasteiger partial charge in [-0.05, 0) is 38.0 Å². The molecule has 1 aromatic carbocycles. The molecule has 0 aliphatic heterocycles. The van der Waals surface area contributed by atoms with Crippen LogP contribution in [0.15, 0.2) is 36.0 Å². The highest BCUT2D eigenvalue weighted by molar-refractivity contribution is 7.09. The number of carbonyl (C=O) groups excluding carboxylic acids is 1. The van der Waals surface area contributed by atoms with Crippen molar-refractivity contribution in [3.05, 3.63) is 40.8 Å². The van der Waals surface area contributed by atoms with Gasteiger partial charge in [0.25, 0.3) is 0 Å². The largest absolute Gasteiger partial charge is 0.378 e. The third-order valence-corrected chi connectivity index (χ3v) is 4.30. The van der Waals surface area contributed by atoms with Gasteiger partial charge in [0.1, 0.15) is 0 Å². The molecule has 0 spiro atoms. The van der Waals surface area contributed by atoms with Gasteiger partial charge in [-0.15, -0.1) is 11.3 Å². The fourth-order valence-corrected chi connectivity index (χ4v) is 2.67. The topological polar surface area (TPSA) is 54.0 Å². The molecule has 1 amide bonds. The minimum atomic E-state index is 0.137. The molecule has 2 N–H and O–H groups in total. The normalized spacial score (nSPS) is 15.7. The van der Waals surface area contributed by atoms with Gasteiger partial charge in [-0.2, -0.15) is 0 Å². The monoisotopic (exact) mass is 287 g/mol. The maximum Gasteiger partial charge on any atom is 0.227 e. The van der Waals surface area contributed by atoms with Crippen molar-refractivity contribution in [2.75, 3.05) is 10.6 Å². The first-order valence-electron chi connectivity index (χ1n) is 6.78. The fourth-order valence-electron chi connectivity index (χ4n) is 2.04. The summed E-state index contributed by atoms with van der Waals surface area (Å²) in [6.07, 6.45) is 3.92. The number of anilines is 2. The summed E-state index contributed by atoms with van der Waals surface area (Å²) >= 11 is 1.63. The molecule has 1 aliphatic rings. The van der Waals surface area contributed by atoms with Gasteiger partial charge in [0, 0.05) is 28.4 Å². The van der Waals surface area contributed by atoms with Crippen molar-refractivity contribution in [3.8, 4) is 0 Å². The van der Waals surface area contributed by atoms with Crippen molar-refractivity contribution >= 4 is 28.6 Å². The van der Waals surface area contributed by atoms with E-state index >= 15 is 0 Å². The molecule has 1 saturated carbocycles. The van der Waals surface area contributed by atoms with Crippen LogP contribution in [-0.4, -0.2) is 10.9 Å². The van der Waals surface area contributed by atoms with Crippen LogP contribution >= 0.6 is 11.3 Å². The standard InChI is InChI=1S/C15H17N3OS/c1-10(14-8-16-9-20-14)17-12-3-2-4-13(7-12)18-15(19)11-5-6-11/h2-4,7-11,17H,5-6H2,1H3,(H,18,19). The minimum Gasteiger partial charge on any atom is -0.378 e. The third kappa shape index (κ3) is 3.17.